The molecule has 0 saturated heterocycles. The van der Waals surface area contributed by atoms with Gasteiger partial charge in [0.15, 0.2) is 0 Å². The van der Waals surface area contributed by atoms with E-state index in [1.807, 2.05) is 0 Å². The number of hydrogen-bond acceptors (Lipinski definition) is 0. The lowest BCUT2D eigenvalue weighted by atomic mass is 9.86. The first-order valence-corrected chi connectivity index (χ1v) is 38.8. The van der Waals surface area contributed by atoms with Gasteiger partial charge in [-0.3, -0.25) is 0 Å². The van der Waals surface area contributed by atoms with E-state index in [0.29, 0.717) is 0 Å². The van der Waals surface area contributed by atoms with E-state index in [-0.39, 0.29) is 0 Å². The topological polar surface area (TPSA) is 0 Å². The Morgan fingerprint density at radius 1 is 0.103 bits per heavy atom. The van der Waals surface area contributed by atoms with Gasteiger partial charge in [-0.15, -0.1) is 0 Å². The molecule has 0 atom stereocenters. The van der Waals surface area contributed by atoms with E-state index in [1.54, 1.807) is 38.5 Å². The quantitative estimate of drug-likeness (QED) is 0.0533. The van der Waals surface area contributed by atoms with Crippen molar-refractivity contribution in [2.45, 2.75) is 490 Å². The third-order valence-corrected chi connectivity index (χ3v) is 19.3. The molecule has 0 nitrogen and oxygen atoms in total. The molecule has 0 spiro atoms. The van der Waals surface area contributed by atoms with Gasteiger partial charge in [-0.2, -0.15) is 0 Å². The molecular formula is C78H158. The second kappa shape index (κ2) is 73.1. The monoisotopic (exact) mass is 1100 g/mol. The standard InChI is InChI=1S/C78H158/c1-5-9-13-17-21-25-29-33-37-41-45-49-53-57-61-65-71-77(72-66-62-58-54-50-46-42-38-34-30-26-22-18-14-10-6-2)75-69-70-76-78(73-67-63-59-55-51-47-43-39-35-31-27-23-19-15-11-7-3)74-68-64-60-56-52-48-44-40-36-32-28-24-20-16-12-8-4/h77-78H,5-76H2,1-4H3. The van der Waals surface area contributed by atoms with Crippen molar-refractivity contribution in [1.82, 2.24) is 0 Å². The maximum Gasteiger partial charge on any atom is -0.0414 e. The molecule has 470 valence electrons. The van der Waals surface area contributed by atoms with Gasteiger partial charge in [0, 0.05) is 0 Å². The minimum absolute atomic E-state index is 1.02. The van der Waals surface area contributed by atoms with Gasteiger partial charge in [-0.05, 0) is 11.8 Å². The van der Waals surface area contributed by atoms with Crippen LogP contribution in [0.4, 0.5) is 0 Å². The van der Waals surface area contributed by atoms with Gasteiger partial charge in [-0.25, -0.2) is 0 Å². The molecule has 0 rings (SSSR count). The lowest BCUT2D eigenvalue weighted by Crippen LogP contribution is -2.04. The summed E-state index contributed by atoms with van der Waals surface area (Å²) in [5.74, 6) is 2.03. The minimum atomic E-state index is 1.02. The van der Waals surface area contributed by atoms with Crippen LogP contribution in [-0.4, -0.2) is 0 Å². The maximum atomic E-state index is 2.33. The molecular weight excluding hydrogens is 937 g/mol. The number of hydrogen-bond donors (Lipinski definition) is 0. The van der Waals surface area contributed by atoms with Crippen LogP contribution in [0.5, 0.6) is 0 Å². The van der Waals surface area contributed by atoms with Gasteiger partial charge in [0.2, 0.25) is 0 Å². The molecule has 0 aliphatic heterocycles. The van der Waals surface area contributed by atoms with Gasteiger partial charge >= 0.3 is 0 Å². The predicted octanol–water partition coefficient (Wildman–Crippen LogP) is 30.4. The average Bonchev–Trinajstić information content (AvgIpc) is 3.45. The van der Waals surface area contributed by atoms with Crippen molar-refractivity contribution in [3.63, 3.8) is 0 Å². The molecule has 0 heterocycles. The Balaban J connectivity index is 4.75. The first-order valence-electron chi connectivity index (χ1n) is 38.8. The summed E-state index contributed by atoms with van der Waals surface area (Å²) in [4.78, 5) is 0. The molecule has 0 amide bonds. The van der Waals surface area contributed by atoms with Crippen LogP contribution in [0.2, 0.25) is 0 Å². The summed E-state index contributed by atoms with van der Waals surface area (Å²) >= 11 is 0. The van der Waals surface area contributed by atoms with Crippen molar-refractivity contribution in [3.05, 3.63) is 0 Å². The molecule has 78 heavy (non-hydrogen) atoms. The Morgan fingerprint density at radius 2 is 0.179 bits per heavy atom. The zero-order valence-electron chi connectivity index (χ0n) is 56.1. The van der Waals surface area contributed by atoms with E-state index in [2.05, 4.69) is 27.7 Å². The predicted molar refractivity (Wildman–Crippen MR) is 362 cm³/mol. The summed E-state index contributed by atoms with van der Waals surface area (Å²) < 4.78 is 0. The molecule has 0 aliphatic rings. The van der Waals surface area contributed by atoms with Gasteiger partial charge in [0.1, 0.15) is 0 Å². The fourth-order valence-electron chi connectivity index (χ4n) is 13.7. The second-order valence-corrected chi connectivity index (χ2v) is 27.4. The molecule has 0 N–H and O–H groups in total. The lowest BCUT2D eigenvalue weighted by Gasteiger charge is -2.20. The smallest absolute Gasteiger partial charge is 0.0414 e. The third kappa shape index (κ3) is 68.5. The van der Waals surface area contributed by atoms with Crippen LogP contribution in [0.25, 0.3) is 0 Å². The van der Waals surface area contributed by atoms with Gasteiger partial charge in [-0.1, -0.05) is 490 Å². The summed E-state index contributed by atoms with van der Waals surface area (Å²) in [6, 6.07) is 0. The highest BCUT2D eigenvalue weighted by Crippen LogP contribution is 2.29. The van der Waals surface area contributed by atoms with Crippen LogP contribution in [-0.2, 0) is 0 Å². The maximum absolute atomic E-state index is 2.33. The SMILES string of the molecule is CCCCCCCCCCCCCCCCCCC(CCCCCCCCCCCCCCCCCC)CCCCC(CCCCCCCCCCCCCCCCCC)CCCCCCCCCCCCCCCCCC. The van der Waals surface area contributed by atoms with E-state index in [0.717, 1.165) is 11.8 Å². The highest BCUT2D eigenvalue weighted by atomic mass is 14.2. The van der Waals surface area contributed by atoms with Crippen LogP contribution in [0.3, 0.4) is 0 Å². The molecule has 0 aromatic rings. The number of unbranched alkanes of at least 4 members (excludes halogenated alkanes) is 61. The van der Waals surface area contributed by atoms with Crippen molar-refractivity contribution in [1.29, 1.82) is 0 Å². The Bertz CT molecular complexity index is 831. The van der Waals surface area contributed by atoms with E-state index in [1.165, 1.54) is 424 Å². The van der Waals surface area contributed by atoms with E-state index in [4.69, 9.17) is 0 Å². The van der Waals surface area contributed by atoms with E-state index < -0.39 is 0 Å². The van der Waals surface area contributed by atoms with Gasteiger partial charge < -0.3 is 0 Å². The Labute approximate surface area is 499 Å². The summed E-state index contributed by atoms with van der Waals surface area (Å²) in [6.45, 7) is 9.33. The normalized spacial score (nSPS) is 11.9. The second-order valence-electron chi connectivity index (χ2n) is 27.4. The number of rotatable bonds is 73. The molecule has 0 unspecified atom stereocenters. The highest BCUT2D eigenvalue weighted by molar-refractivity contribution is 4.66. The van der Waals surface area contributed by atoms with Gasteiger partial charge in [0.25, 0.3) is 0 Å². The van der Waals surface area contributed by atoms with Crippen molar-refractivity contribution in [3.8, 4) is 0 Å². The lowest BCUT2D eigenvalue weighted by molar-refractivity contribution is 0.337. The first kappa shape index (κ1) is 78.0. The largest absolute Gasteiger partial charge is 0.0654 e. The van der Waals surface area contributed by atoms with Crippen LogP contribution in [0.15, 0.2) is 0 Å². The fourth-order valence-corrected chi connectivity index (χ4v) is 13.7. The minimum Gasteiger partial charge on any atom is -0.0654 e. The summed E-state index contributed by atoms with van der Waals surface area (Å²) in [5.41, 5.74) is 0. The molecule has 0 aromatic carbocycles. The van der Waals surface area contributed by atoms with Crippen LogP contribution in [0.1, 0.15) is 490 Å². The van der Waals surface area contributed by atoms with Gasteiger partial charge in [0.05, 0.1) is 0 Å². The van der Waals surface area contributed by atoms with Crippen molar-refractivity contribution in [2.24, 2.45) is 11.8 Å². The van der Waals surface area contributed by atoms with Crippen molar-refractivity contribution < 1.29 is 0 Å². The molecule has 0 radical (unpaired) electrons. The summed E-state index contributed by atoms with van der Waals surface area (Å²) in [5, 5.41) is 0. The molecule has 0 aromatic heterocycles. The Hall–Kier alpha value is 0. The molecule has 0 bridgehead atoms. The molecule has 0 heteroatoms. The van der Waals surface area contributed by atoms with Crippen LogP contribution in [0, 0.1) is 11.8 Å². The van der Waals surface area contributed by atoms with Crippen molar-refractivity contribution >= 4 is 0 Å². The van der Waals surface area contributed by atoms with E-state index >= 15 is 0 Å². The van der Waals surface area contributed by atoms with Crippen LogP contribution >= 0.6 is 0 Å². The summed E-state index contributed by atoms with van der Waals surface area (Å²) in [6.07, 6.45) is 107. The molecule has 0 fully saturated rings. The summed E-state index contributed by atoms with van der Waals surface area (Å²) in [7, 11) is 0. The zero-order chi connectivity index (χ0) is 56.1. The van der Waals surface area contributed by atoms with Crippen LogP contribution < -0.4 is 0 Å². The van der Waals surface area contributed by atoms with Crippen molar-refractivity contribution in [2.75, 3.05) is 0 Å². The third-order valence-electron chi connectivity index (χ3n) is 19.3. The fraction of sp³-hybridized carbons (Fsp3) is 1.00. The van der Waals surface area contributed by atoms with E-state index in [9.17, 15) is 0 Å². The first-order chi connectivity index (χ1) is 38.8. The zero-order valence-corrected chi connectivity index (χ0v) is 56.1. The Kier molecular flexibility index (Phi) is 73.1. The average molecular weight is 1100 g/mol. The molecule has 0 saturated carbocycles. The molecule has 0 aliphatic carbocycles. The Morgan fingerprint density at radius 3 is 0.282 bits per heavy atom. The highest BCUT2D eigenvalue weighted by Gasteiger charge is 2.13.